The molecule has 1 heterocycles. The summed E-state index contributed by atoms with van der Waals surface area (Å²) in [6.07, 6.45) is 4.74. The molecule has 3 rings (SSSR count). The maximum absolute atomic E-state index is 12.9. The summed E-state index contributed by atoms with van der Waals surface area (Å²) in [7, 11) is 1.46. The zero-order valence-electron chi connectivity index (χ0n) is 16.1. The third kappa shape index (κ3) is 4.75. The maximum atomic E-state index is 12.9. The minimum Gasteiger partial charge on any atom is -0.393 e. The van der Waals surface area contributed by atoms with E-state index in [-0.39, 0.29) is 29.9 Å². The Morgan fingerprint density at radius 3 is 2.64 bits per heavy atom. The monoisotopic (exact) mass is 382 g/mol. The number of nitrogens with one attached hydrogen (secondary N) is 1. The van der Waals surface area contributed by atoms with Crippen molar-refractivity contribution in [2.45, 2.75) is 44.8 Å². The number of carbonyl (C=O) groups is 2. The van der Waals surface area contributed by atoms with Gasteiger partial charge in [-0.25, -0.2) is 0 Å². The first-order chi connectivity index (χ1) is 13.5. The highest BCUT2D eigenvalue weighted by atomic mass is 16.3. The molecule has 0 aliphatic heterocycles. The van der Waals surface area contributed by atoms with Crippen LogP contribution in [0.1, 0.15) is 58.4 Å². The van der Waals surface area contributed by atoms with E-state index in [9.17, 15) is 19.5 Å². The molecule has 6 nitrogen and oxygen atoms in total. The second-order valence-corrected chi connectivity index (χ2v) is 7.45. The summed E-state index contributed by atoms with van der Waals surface area (Å²) >= 11 is 0. The van der Waals surface area contributed by atoms with Crippen molar-refractivity contribution in [3.63, 3.8) is 0 Å². The summed E-state index contributed by atoms with van der Waals surface area (Å²) in [4.78, 5) is 37.8. The number of aliphatic hydroxyl groups is 1. The molecule has 148 valence electrons. The van der Waals surface area contributed by atoms with Crippen LogP contribution in [0.15, 0.2) is 47.4 Å². The quantitative estimate of drug-likeness (QED) is 0.751. The lowest BCUT2D eigenvalue weighted by Crippen LogP contribution is -2.32. The van der Waals surface area contributed by atoms with E-state index in [2.05, 4.69) is 5.32 Å². The predicted molar refractivity (Wildman–Crippen MR) is 107 cm³/mol. The van der Waals surface area contributed by atoms with Crippen LogP contribution in [0.2, 0.25) is 0 Å². The van der Waals surface area contributed by atoms with Gasteiger partial charge in [-0.3, -0.25) is 14.4 Å². The Balaban J connectivity index is 1.91. The van der Waals surface area contributed by atoms with Crippen LogP contribution in [-0.4, -0.2) is 34.5 Å². The molecular formula is C22H26N2O4. The fraction of sp³-hybridized carbons (Fsp3) is 0.409. The van der Waals surface area contributed by atoms with Gasteiger partial charge in [0.2, 0.25) is 0 Å². The number of rotatable bonds is 6. The molecule has 1 amide bonds. The van der Waals surface area contributed by atoms with Crippen LogP contribution in [0.5, 0.6) is 0 Å². The fourth-order valence-corrected chi connectivity index (χ4v) is 3.81. The van der Waals surface area contributed by atoms with E-state index >= 15 is 0 Å². The van der Waals surface area contributed by atoms with Gasteiger partial charge in [0.05, 0.1) is 12.6 Å². The predicted octanol–water partition coefficient (Wildman–Crippen LogP) is 2.38. The van der Waals surface area contributed by atoms with Gasteiger partial charge < -0.3 is 15.0 Å². The van der Waals surface area contributed by atoms with Gasteiger partial charge in [-0.05, 0) is 36.8 Å². The number of ketones is 1. The highest BCUT2D eigenvalue weighted by Gasteiger charge is 2.24. The molecule has 2 atom stereocenters. The van der Waals surface area contributed by atoms with E-state index in [1.165, 1.54) is 17.7 Å². The minimum absolute atomic E-state index is 0.0343. The standard InChI is InChI=1S/C22H26N2O4/c1-23-21(27)19-12-17(20(26)11-16-8-5-9-18(25)10-16)14-24(22(19)28)13-15-6-3-2-4-7-15/h2-4,6-7,12,14,16,18,25H,5,8-11,13H2,1H3,(H,23,27)/t16-,18+/m1/s1. The topological polar surface area (TPSA) is 88.4 Å². The molecule has 2 aromatic rings. The van der Waals surface area contributed by atoms with E-state index in [0.717, 1.165) is 24.8 Å². The summed E-state index contributed by atoms with van der Waals surface area (Å²) < 4.78 is 1.42. The van der Waals surface area contributed by atoms with Crippen molar-refractivity contribution in [1.82, 2.24) is 9.88 Å². The Bertz CT molecular complexity index is 904. The molecule has 28 heavy (non-hydrogen) atoms. The first kappa shape index (κ1) is 20.0. The average molecular weight is 382 g/mol. The Kier molecular flexibility index (Phi) is 6.41. The van der Waals surface area contributed by atoms with Crippen LogP contribution in [0.3, 0.4) is 0 Å². The third-order valence-corrected chi connectivity index (χ3v) is 5.30. The van der Waals surface area contributed by atoms with Gasteiger partial charge in [0.1, 0.15) is 5.56 Å². The lowest BCUT2D eigenvalue weighted by Gasteiger charge is -2.25. The van der Waals surface area contributed by atoms with Crippen molar-refractivity contribution < 1.29 is 14.7 Å². The molecule has 1 aromatic heterocycles. The Morgan fingerprint density at radius 1 is 1.21 bits per heavy atom. The number of amides is 1. The second kappa shape index (κ2) is 8.97. The highest BCUT2D eigenvalue weighted by molar-refractivity contribution is 6.00. The first-order valence-corrected chi connectivity index (χ1v) is 9.69. The number of Topliss-reactive ketones (excluding diaryl/α,β-unsaturated/α-hetero) is 1. The van der Waals surface area contributed by atoms with Crippen LogP contribution < -0.4 is 10.9 Å². The largest absolute Gasteiger partial charge is 0.393 e. The molecule has 2 N–H and O–H groups in total. The van der Waals surface area contributed by atoms with E-state index in [1.54, 1.807) is 6.20 Å². The summed E-state index contributed by atoms with van der Waals surface area (Å²) in [5.41, 5.74) is 0.808. The van der Waals surface area contributed by atoms with Crippen molar-refractivity contribution >= 4 is 11.7 Å². The van der Waals surface area contributed by atoms with Gasteiger partial charge in [0.15, 0.2) is 5.78 Å². The second-order valence-electron chi connectivity index (χ2n) is 7.45. The minimum atomic E-state index is -0.505. The van der Waals surface area contributed by atoms with Gasteiger partial charge in [-0.15, -0.1) is 0 Å². The van der Waals surface area contributed by atoms with E-state index in [0.29, 0.717) is 18.4 Å². The van der Waals surface area contributed by atoms with Gasteiger partial charge in [0.25, 0.3) is 11.5 Å². The Morgan fingerprint density at radius 2 is 1.96 bits per heavy atom. The molecule has 1 saturated carbocycles. The molecule has 1 aromatic carbocycles. The van der Waals surface area contributed by atoms with Crippen LogP contribution in [0, 0.1) is 5.92 Å². The third-order valence-electron chi connectivity index (χ3n) is 5.30. The van der Waals surface area contributed by atoms with Crippen LogP contribution >= 0.6 is 0 Å². The molecule has 6 heteroatoms. The van der Waals surface area contributed by atoms with Crippen molar-refractivity contribution in [2.75, 3.05) is 7.05 Å². The van der Waals surface area contributed by atoms with Gasteiger partial charge in [0, 0.05) is 25.2 Å². The lowest BCUT2D eigenvalue weighted by atomic mass is 9.83. The first-order valence-electron chi connectivity index (χ1n) is 9.69. The van der Waals surface area contributed by atoms with Crippen molar-refractivity contribution in [3.8, 4) is 0 Å². The number of pyridine rings is 1. The zero-order valence-corrected chi connectivity index (χ0v) is 16.1. The molecule has 1 aliphatic rings. The van der Waals surface area contributed by atoms with Crippen molar-refractivity contribution in [1.29, 1.82) is 0 Å². The van der Waals surface area contributed by atoms with Gasteiger partial charge in [-0.2, -0.15) is 0 Å². The molecule has 0 unspecified atom stereocenters. The highest BCUT2D eigenvalue weighted by Crippen LogP contribution is 2.28. The number of carbonyl (C=O) groups excluding carboxylic acids is 2. The Hall–Kier alpha value is -2.73. The molecule has 1 fully saturated rings. The number of nitrogens with zero attached hydrogens (tertiary/aromatic N) is 1. The average Bonchev–Trinajstić information content (AvgIpc) is 2.69. The molecular weight excluding hydrogens is 356 g/mol. The maximum Gasteiger partial charge on any atom is 0.263 e. The molecule has 0 spiro atoms. The normalized spacial score (nSPS) is 19.2. The fourth-order valence-electron chi connectivity index (χ4n) is 3.81. The van der Waals surface area contributed by atoms with Crippen LogP contribution in [0.4, 0.5) is 0 Å². The van der Waals surface area contributed by atoms with Gasteiger partial charge in [-0.1, -0.05) is 36.8 Å². The lowest BCUT2D eigenvalue weighted by molar-refractivity contribution is 0.0823. The number of aromatic nitrogens is 1. The summed E-state index contributed by atoms with van der Waals surface area (Å²) in [6, 6.07) is 10.8. The smallest absolute Gasteiger partial charge is 0.263 e. The summed E-state index contributed by atoms with van der Waals surface area (Å²) in [6.45, 7) is 0.285. The number of hydrogen-bond acceptors (Lipinski definition) is 4. The zero-order chi connectivity index (χ0) is 20.1. The van der Waals surface area contributed by atoms with Crippen LogP contribution in [-0.2, 0) is 6.54 Å². The molecule has 0 bridgehead atoms. The van der Waals surface area contributed by atoms with E-state index in [4.69, 9.17) is 0 Å². The molecule has 0 radical (unpaired) electrons. The molecule has 0 saturated heterocycles. The number of benzene rings is 1. The SMILES string of the molecule is CNC(=O)c1cc(C(=O)C[C@@H]2CCC[C@H](O)C2)cn(Cc2ccccc2)c1=O. The van der Waals surface area contributed by atoms with Crippen molar-refractivity contribution in [2.24, 2.45) is 5.92 Å². The van der Waals surface area contributed by atoms with Gasteiger partial charge >= 0.3 is 0 Å². The van der Waals surface area contributed by atoms with E-state index in [1.807, 2.05) is 30.3 Å². The Labute approximate surface area is 164 Å². The van der Waals surface area contributed by atoms with Crippen molar-refractivity contribution in [3.05, 3.63) is 69.6 Å². The number of hydrogen-bond donors (Lipinski definition) is 2. The summed E-state index contributed by atoms with van der Waals surface area (Å²) in [5.74, 6) is -0.477. The number of aliphatic hydroxyl groups excluding tert-OH is 1. The molecule has 1 aliphatic carbocycles. The van der Waals surface area contributed by atoms with Crippen LogP contribution in [0.25, 0.3) is 0 Å². The van der Waals surface area contributed by atoms with E-state index < -0.39 is 11.5 Å². The summed E-state index contributed by atoms with van der Waals surface area (Å²) in [5, 5.41) is 12.3.